The van der Waals surface area contributed by atoms with Crippen molar-refractivity contribution in [2.45, 2.75) is 6.36 Å². The van der Waals surface area contributed by atoms with Crippen molar-refractivity contribution in [2.75, 3.05) is 12.5 Å². The standard InChI is InChI=1S/C24H13F3N4O6S/c25-24(26,27)36-13-4-2-12(3-5-13)31-19(23(33)37-30-31)20(32)21-18(28)14-6-7-15(29-22(14)38-21)11-1-8-16-17(9-11)35-10-34-16/h1-9H,10H2,(H2-,28,30,32,33). The maximum atomic E-state index is 13.4. The van der Waals surface area contributed by atoms with E-state index in [9.17, 15) is 23.1 Å². The van der Waals surface area contributed by atoms with Crippen LogP contribution in [0, 0.1) is 0 Å². The van der Waals surface area contributed by atoms with Crippen LogP contribution in [-0.4, -0.2) is 29.2 Å². The third-order valence-electron chi connectivity index (χ3n) is 5.61. The molecule has 0 saturated heterocycles. The van der Waals surface area contributed by atoms with E-state index in [4.69, 9.17) is 15.2 Å². The predicted octanol–water partition coefficient (Wildman–Crippen LogP) is 3.74. The van der Waals surface area contributed by atoms with Gasteiger partial charge in [-0.2, -0.15) is 0 Å². The molecule has 0 bridgehead atoms. The van der Waals surface area contributed by atoms with Crippen molar-refractivity contribution >= 4 is 33.0 Å². The molecule has 2 N–H and O–H groups in total. The molecule has 0 atom stereocenters. The number of nitrogens with two attached hydrogens (primary N) is 1. The van der Waals surface area contributed by atoms with Crippen LogP contribution < -0.4 is 29.7 Å². The Morgan fingerprint density at radius 3 is 2.61 bits per heavy atom. The number of benzene rings is 2. The molecule has 3 aromatic heterocycles. The lowest BCUT2D eigenvalue weighted by Crippen LogP contribution is -2.39. The number of halogens is 3. The van der Waals surface area contributed by atoms with Gasteiger partial charge in [-0.25, -0.2) is 4.98 Å². The maximum Gasteiger partial charge on any atom is 0.573 e. The molecule has 38 heavy (non-hydrogen) atoms. The summed E-state index contributed by atoms with van der Waals surface area (Å²) in [6.45, 7) is 0.133. The number of rotatable bonds is 5. The van der Waals surface area contributed by atoms with Crippen LogP contribution in [-0.2, 0) is 0 Å². The summed E-state index contributed by atoms with van der Waals surface area (Å²) in [5.41, 5.74) is 7.33. The van der Waals surface area contributed by atoms with Crippen molar-refractivity contribution in [3.63, 3.8) is 0 Å². The molecule has 0 spiro atoms. The second kappa shape index (κ2) is 8.62. The number of nitrogens with zero attached hydrogens (tertiary/aromatic N) is 3. The lowest BCUT2D eigenvalue weighted by atomic mass is 10.1. The summed E-state index contributed by atoms with van der Waals surface area (Å²) < 4.78 is 57.5. The zero-order valence-electron chi connectivity index (χ0n) is 18.8. The second-order valence-corrected chi connectivity index (χ2v) is 8.95. The molecule has 0 radical (unpaired) electrons. The molecule has 4 heterocycles. The number of carbonyl (C=O) groups excluding carboxylic acids is 1. The van der Waals surface area contributed by atoms with E-state index in [-0.39, 0.29) is 23.0 Å². The number of thiophene rings is 1. The van der Waals surface area contributed by atoms with E-state index in [1.807, 2.05) is 6.07 Å². The fourth-order valence-corrected chi connectivity index (χ4v) is 4.93. The second-order valence-electron chi connectivity index (χ2n) is 7.95. The number of ether oxygens (including phenoxy) is 3. The number of hydrogen-bond acceptors (Lipinski definition) is 10. The number of aromatic nitrogens is 3. The van der Waals surface area contributed by atoms with Gasteiger partial charge < -0.3 is 29.6 Å². The van der Waals surface area contributed by atoms with Gasteiger partial charge in [0.1, 0.15) is 15.5 Å². The quantitative estimate of drug-likeness (QED) is 0.260. The van der Waals surface area contributed by atoms with Crippen LogP contribution >= 0.6 is 11.3 Å². The Morgan fingerprint density at radius 1 is 1.08 bits per heavy atom. The van der Waals surface area contributed by atoms with E-state index in [1.54, 1.807) is 24.3 Å². The largest absolute Gasteiger partial charge is 0.573 e. The molecule has 192 valence electrons. The molecule has 2 aromatic carbocycles. The van der Waals surface area contributed by atoms with Gasteiger partial charge in [0.2, 0.25) is 12.5 Å². The average molecular weight is 542 g/mol. The zero-order chi connectivity index (χ0) is 26.6. The predicted molar refractivity (Wildman–Crippen MR) is 123 cm³/mol. The summed E-state index contributed by atoms with van der Waals surface area (Å²) >= 11 is 0.978. The molecule has 1 aliphatic rings. The highest BCUT2D eigenvalue weighted by Crippen LogP contribution is 2.39. The summed E-state index contributed by atoms with van der Waals surface area (Å²) in [5, 5.41) is 16.5. The van der Waals surface area contributed by atoms with Gasteiger partial charge in [0, 0.05) is 23.1 Å². The minimum Gasteiger partial charge on any atom is -0.539 e. The molecular weight excluding hydrogens is 529 g/mol. The molecule has 0 unspecified atom stereocenters. The van der Waals surface area contributed by atoms with Crippen LogP contribution in [0.4, 0.5) is 18.9 Å². The van der Waals surface area contributed by atoms with Crippen LogP contribution in [0.3, 0.4) is 0 Å². The first-order valence-corrected chi connectivity index (χ1v) is 11.6. The minimum atomic E-state index is -4.87. The van der Waals surface area contributed by atoms with Crippen LogP contribution in [0.5, 0.6) is 23.2 Å². The number of fused-ring (bicyclic) bond motifs is 2. The lowest BCUT2D eigenvalue weighted by molar-refractivity contribution is -0.672. The first kappa shape index (κ1) is 23.5. The first-order valence-electron chi connectivity index (χ1n) is 10.8. The van der Waals surface area contributed by atoms with E-state index in [0.29, 0.717) is 27.4 Å². The van der Waals surface area contributed by atoms with Crippen molar-refractivity contribution in [2.24, 2.45) is 0 Å². The van der Waals surface area contributed by atoms with E-state index in [0.717, 1.165) is 33.7 Å². The molecule has 6 rings (SSSR count). The Bertz CT molecular complexity index is 1720. The van der Waals surface area contributed by atoms with Crippen molar-refractivity contribution in [3.8, 4) is 40.1 Å². The molecule has 0 amide bonds. The summed E-state index contributed by atoms with van der Waals surface area (Å²) in [6.07, 6.45) is -4.87. The Balaban J connectivity index is 1.35. The number of ketones is 1. The van der Waals surface area contributed by atoms with Crippen LogP contribution in [0.15, 0.2) is 59.1 Å². The number of nitrogen functional groups attached to an aromatic ring is 1. The molecule has 10 nitrogen and oxygen atoms in total. The van der Waals surface area contributed by atoms with Gasteiger partial charge in [-0.05, 0) is 47.1 Å². The van der Waals surface area contributed by atoms with Gasteiger partial charge in [0.25, 0.3) is 5.78 Å². The number of alkyl halides is 3. The first-order chi connectivity index (χ1) is 18.2. The van der Waals surface area contributed by atoms with Gasteiger partial charge in [-0.1, -0.05) is 0 Å². The van der Waals surface area contributed by atoms with Gasteiger partial charge in [0.05, 0.1) is 16.7 Å². The number of hydrogen-bond donors (Lipinski definition) is 1. The van der Waals surface area contributed by atoms with Gasteiger partial charge >= 0.3 is 12.1 Å². The Kier molecular flexibility index (Phi) is 5.34. The van der Waals surface area contributed by atoms with E-state index < -0.39 is 29.5 Å². The Hall–Kier alpha value is -4.85. The van der Waals surface area contributed by atoms with Crippen molar-refractivity contribution in [3.05, 3.63) is 65.2 Å². The van der Waals surface area contributed by atoms with Gasteiger partial charge in [0.15, 0.2) is 17.4 Å². The highest BCUT2D eigenvalue weighted by molar-refractivity contribution is 7.21. The minimum absolute atomic E-state index is 0.0291. The summed E-state index contributed by atoms with van der Waals surface area (Å²) in [6, 6.07) is 13.2. The van der Waals surface area contributed by atoms with E-state index >= 15 is 0 Å². The van der Waals surface area contributed by atoms with Crippen LogP contribution in [0.1, 0.15) is 15.4 Å². The Morgan fingerprint density at radius 2 is 1.84 bits per heavy atom. The molecular formula is C24H13F3N4O6S. The molecule has 0 saturated carbocycles. The lowest BCUT2D eigenvalue weighted by Gasteiger charge is -2.07. The van der Waals surface area contributed by atoms with E-state index in [1.165, 1.54) is 12.1 Å². The third-order valence-corrected chi connectivity index (χ3v) is 6.72. The number of pyridine rings is 1. The highest BCUT2D eigenvalue weighted by atomic mass is 32.1. The fourth-order valence-electron chi connectivity index (χ4n) is 3.89. The summed E-state index contributed by atoms with van der Waals surface area (Å²) in [7, 11) is 0. The van der Waals surface area contributed by atoms with E-state index in [2.05, 4.69) is 19.5 Å². The van der Waals surface area contributed by atoms with Crippen LogP contribution in [0.25, 0.3) is 27.2 Å². The molecule has 5 aromatic rings. The average Bonchev–Trinajstić information content (AvgIpc) is 3.59. The fraction of sp³-hybridized carbons (Fsp3) is 0.0833. The Labute approximate surface area is 214 Å². The van der Waals surface area contributed by atoms with Gasteiger partial charge in [-0.15, -0.1) is 24.5 Å². The normalized spacial score (nSPS) is 12.7. The third kappa shape index (κ3) is 4.10. The smallest absolute Gasteiger partial charge is 0.539 e. The topological polar surface area (TPSA) is 137 Å². The molecule has 14 heteroatoms. The van der Waals surface area contributed by atoms with Gasteiger partial charge in [-0.3, -0.25) is 4.79 Å². The molecule has 0 fully saturated rings. The molecule has 0 aliphatic carbocycles. The highest BCUT2D eigenvalue weighted by Gasteiger charge is 2.33. The zero-order valence-corrected chi connectivity index (χ0v) is 19.6. The monoisotopic (exact) mass is 542 g/mol. The summed E-state index contributed by atoms with van der Waals surface area (Å²) in [5.74, 6) is -1.10. The van der Waals surface area contributed by atoms with Crippen LogP contribution in [0.2, 0.25) is 0 Å². The maximum absolute atomic E-state index is 13.4. The number of carbonyl (C=O) groups is 1. The number of anilines is 1. The summed E-state index contributed by atoms with van der Waals surface area (Å²) in [4.78, 5) is 18.5. The van der Waals surface area contributed by atoms with Crippen molar-refractivity contribution < 1.29 is 46.5 Å². The van der Waals surface area contributed by atoms with Crippen molar-refractivity contribution in [1.82, 2.24) is 10.3 Å². The molecule has 1 aliphatic heterocycles. The van der Waals surface area contributed by atoms with Crippen molar-refractivity contribution in [1.29, 1.82) is 0 Å². The SMILES string of the molecule is Nc1c(C(=O)c2c([O-])on[n+]2-c2ccc(OC(F)(F)F)cc2)sc2nc(-c3ccc4c(c3)OCO4)ccc12.